The Morgan fingerprint density at radius 1 is 1.39 bits per heavy atom. The fourth-order valence-corrected chi connectivity index (χ4v) is 1.12. The van der Waals surface area contributed by atoms with Crippen LogP contribution >= 0.6 is 0 Å². The maximum absolute atomic E-state index is 11.4. The highest BCUT2D eigenvalue weighted by Crippen LogP contribution is 1.93. The number of urea groups is 1. The molecule has 0 aliphatic rings. The molecule has 9 heteroatoms. The summed E-state index contributed by atoms with van der Waals surface area (Å²) in [7, 11) is 0. The minimum atomic E-state index is -0.843. The largest absolute Gasteiger partial charge is 0.442 e. The van der Waals surface area contributed by atoms with Gasteiger partial charge in [-0.05, 0) is 6.92 Å². The second-order valence-electron chi connectivity index (χ2n) is 3.34. The normalized spacial score (nSPS) is 11.4. The number of rotatable bonds is 3. The van der Waals surface area contributed by atoms with Crippen molar-refractivity contribution in [2.75, 3.05) is 5.32 Å². The van der Waals surface area contributed by atoms with E-state index < -0.39 is 29.5 Å². The highest BCUT2D eigenvalue weighted by molar-refractivity contribution is 5.88. The highest BCUT2D eigenvalue weighted by atomic mass is 16.6. The van der Waals surface area contributed by atoms with E-state index >= 15 is 0 Å². The summed E-state index contributed by atoms with van der Waals surface area (Å²) >= 11 is 0. The summed E-state index contributed by atoms with van der Waals surface area (Å²) in [6.45, 7) is 2.64. The first-order chi connectivity index (χ1) is 8.38. The van der Waals surface area contributed by atoms with Gasteiger partial charge in [-0.15, -0.1) is 0 Å². The Kier molecular flexibility index (Phi) is 4.24. The standard InChI is InChI=1S/C9H12N4O5/c1-4(18-5(2)14)11-9(17)12-6-3-10-8(16)13-7(6)15/h3-4H,1-2H3,(H2,11,12,17)(H2,10,13,15,16). The van der Waals surface area contributed by atoms with Gasteiger partial charge in [-0.1, -0.05) is 0 Å². The van der Waals surface area contributed by atoms with Gasteiger partial charge in [0.05, 0.1) is 0 Å². The maximum Gasteiger partial charge on any atom is 0.325 e. The molecule has 0 aliphatic carbocycles. The zero-order valence-corrected chi connectivity index (χ0v) is 9.70. The molecule has 0 saturated heterocycles. The quantitative estimate of drug-likeness (QED) is 0.410. The lowest BCUT2D eigenvalue weighted by Gasteiger charge is -2.13. The Morgan fingerprint density at radius 2 is 2.06 bits per heavy atom. The molecule has 0 radical (unpaired) electrons. The first-order valence-corrected chi connectivity index (χ1v) is 4.95. The topological polar surface area (TPSA) is 133 Å². The van der Waals surface area contributed by atoms with E-state index in [1.54, 1.807) is 0 Å². The van der Waals surface area contributed by atoms with Gasteiger partial charge in [-0.3, -0.25) is 14.6 Å². The van der Waals surface area contributed by atoms with E-state index in [0.717, 1.165) is 6.20 Å². The number of aromatic nitrogens is 2. The van der Waals surface area contributed by atoms with Crippen LogP contribution in [0.2, 0.25) is 0 Å². The third kappa shape index (κ3) is 4.12. The predicted molar refractivity (Wildman–Crippen MR) is 61.1 cm³/mol. The summed E-state index contributed by atoms with van der Waals surface area (Å²) in [5.74, 6) is -0.551. The summed E-state index contributed by atoms with van der Waals surface area (Å²) in [6.07, 6.45) is 0.210. The summed E-state index contributed by atoms with van der Waals surface area (Å²) < 4.78 is 4.65. The van der Waals surface area contributed by atoms with Crippen molar-refractivity contribution in [1.29, 1.82) is 0 Å². The summed E-state index contributed by atoms with van der Waals surface area (Å²) in [6, 6.07) is -0.749. The van der Waals surface area contributed by atoms with Crippen LogP contribution in [0.15, 0.2) is 15.8 Å². The first-order valence-electron chi connectivity index (χ1n) is 4.95. The molecule has 2 amide bonds. The Hall–Kier alpha value is -2.58. The van der Waals surface area contributed by atoms with E-state index in [1.807, 2.05) is 4.98 Å². The van der Waals surface area contributed by atoms with Gasteiger partial charge < -0.3 is 20.4 Å². The minimum Gasteiger partial charge on any atom is -0.442 e. The molecule has 9 nitrogen and oxygen atoms in total. The Labute approximate surface area is 101 Å². The van der Waals surface area contributed by atoms with Crippen molar-refractivity contribution in [3.63, 3.8) is 0 Å². The van der Waals surface area contributed by atoms with Crippen LogP contribution in [0.25, 0.3) is 0 Å². The van der Waals surface area contributed by atoms with Gasteiger partial charge in [-0.2, -0.15) is 0 Å². The van der Waals surface area contributed by atoms with Crippen molar-refractivity contribution in [2.45, 2.75) is 20.1 Å². The molecule has 0 saturated carbocycles. The van der Waals surface area contributed by atoms with Gasteiger partial charge in [0, 0.05) is 13.1 Å². The summed E-state index contributed by atoms with van der Waals surface area (Å²) in [4.78, 5) is 48.1. The van der Waals surface area contributed by atoms with Gasteiger partial charge in [0.2, 0.25) is 0 Å². The van der Waals surface area contributed by atoms with Crippen molar-refractivity contribution in [3.8, 4) is 0 Å². The third-order valence-electron chi connectivity index (χ3n) is 1.74. The molecule has 1 rings (SSSR count). The Balaban J connectivity index is 2.62. The van der Waals surface area contributed by atoms with Crippen LogP contribution in [-0.4, -0.2) is 28.2 Å². The number of hydrogen-bond donors (Lipinski definition) is 4. The average Bonchev–Trinajstić information content (AvgIpc) is 2.20. The maximum atomic E-state index is 11.4. The lowest BCUT2D eigenvalue weighted by Crippen LogP contribution is -2.40. The molecule has 1 unspecified atom stereocenters. The van der Waals surface area contributed by atoms with Crippen LogP contribution in [0.3, 0.4) is 0 Å². The number of H-pyrrole nitrogens is 2. The molecule has 1 heterocycles. The molecule has 0 aliphatic heterocycles. The minimum absolute atomic E-state index is 0.137. The van der Waals surface area contributed by atoms with Crippen LogP contribution in [-0.2, 0) is 9.53 Å². The molecule has 0 spiro atoms. The number of ether oxygens (including phenoxy) is 1. The van der Waals surface area contributed by atoms with Gasteiger partial charge in [0.1, 0.15) is 5.69 Å². The zero-order chi connectivity index (χ0) is 13.7. The Morgan fingerprint density at radius 3 is 2.61 bits per heavy atom. The van der Waals surface area contributed by atoms with E-state index in [9.17, 15) is 19.2 Å². The number of nitrogens with one attached hydrogen (secondary N) is 4. The van der Waals surface area contributed by atoms with Crippen LogP contribution in [0.1, 0.15) is 13.8 Å². The molecule has 1 aromatic heterocycles. The van der Waals surface area contributed by atoms with Crippen LogP contribution in [0.5, 0.6) is 0 Å². The molecular formula is C9H12N4O5. The first kappa shape index (κ1) is 13.5. The number of aromatic amines is 2. The second-order valence-corrected chi connectivity index (χ2v) is 3.34. The smallest absolute Gasteiger partial charge is 0.325 e. The molecule has 1 aromatic rings. The van der Waals surface area contributed by atoms with Gasteiger partial charge in [0.15, 0.2) is 6.23 Å². The zero-order valence-electron chi connectivity index (χ0n) is 9.70. The van der Waals surface area contributed by atoms with Crippen molar-refractivity contribution in [3.05, 3.63) is 27.0 Å². The van der Waals surface area contributed by atoms with Crippen LogP contribution in [0, 0.1) is 0 Å². The fraction of sp³-hybridized carbons (Fsp3) is 0.333. The van der Waals surface area contributed by atoms with Crippen LogP contribution in [0.4, 0.5) is 10.5 Å². The third-order valence-corrected chi connectivity index (χ3v) is 1.74. The monoisotopic (exact) mass is 256 g/mol. The van der Waals surface area contributed by atoms with Crippen molar-refractivity contribution >= 4 is 17.7 Å². The molecule has 18 heavy (non-hydrogen) atoms. The molecule has 0 fully saturated rings. The highest BCUT2D eigenvalue weighted by Gasteiger charge is 2.10. The van der Waals surface area contributed by atoms with E-state index in [2.05, 4.69) is 20.4 Å². The number of carbonyl (C=O) groups excluding carboxylic acids is 2. The lowest BCUT2D eigenvalue weighted by molar-refractivity contribution is -0.146. The predicted octanol–water partition coefficient (Wildman–Crippen LogP) is -0.906. The Bertz CT molecular complexity index is 561. The fourth-order valence-electron chi connectivity index (χ4n) is 1.12. The number of hydrogen-bond acceptors (Lipinski definition) is 5. The van der Waals surface area contributed by atoms with Gasteiger partial charge in [0.25, 0.3) is 5.56 Å². The van der Waals surface area contributed by atoms with Gasteiger partial charge >= 0.3 is 17.7 Å². The van der Waals surface area contributed by atoms with Crippen LogP contribution < -0.4 is 21.9 Å². The number of esters is 1. The molecule has 0 bridgehead atoms. The van der Waals surface area contributed by atoms with Crippen molar-refractivity contribution in [1.82, 2.24) is 15.3 Å². The molecule has 4 N–H and O–H groups in total. The van der Waals surface area contributed by atoms with E-state index in [-0.39, 0.29) is 5.69 Å². The molecular weight excluding hydrogens is 244 g/mol. The SMILES string of the molecule is CC(=O)OC(C)NC(=O)Nc1c[nH]c(=O)[nH]c1=O. The molecule has 1 atom stereocenters. The number of anilines is 1. The number of carbonyl (C=O) groups is 2. The molecule has 0 aromatic carbocycles. The van der Waals surface area contributed by atoms with E-state index in [0.29, 0.717) is 0 Å². The van der Waals surface area contributed by atoms with Crippen molar-refractivity contribution in [2.24, 2.45) is 0 Å². The molecule has 98 valence electrons. The van der Waals surface area contributed by atoms with E-state index in [4.69, 9.17) is 0 Å². The summed E-state index contributed by atoms with van der Waals surface area (Å²) in [5.41, 5.74) is -1.56. The van der Waals surface area contributed by atoms with Crippen molar-refractivity contribution < 1.29 is 14.3 Å². The summed E-state index contributed by atoms with van der Waals surface area (Å²) in [5, 5.41) is 4.45. The average molecular weight is 256 g/mol. The number of amides is 2. The second kappa shape index (κ2) is 5.66. The lowest BCUT2D eigenvalue weighted by atomic mass is 10.5. The van der Waals surface area contributed by atoms with E-state index in [1.165, 1.54) is 13.8 Å². The van der Waals surface area contributed by atoms with Gasteiger partial charge in [-0.25, -0.2) is 9.59 Å².